The number of nitrogens with two attached hydrogens (primary N) is 1. The van der Waals surface area contributed by atoms with E-state index in [2.05, 4.69) is 5.32 Å². The van der Waals surface area contributed by atoms with Crippen molar-refractivity contribution in [2.45, 2.75) is 37.3 Å². The molecule has 0 aromatic carbocycles. The summed E-state index contributed by atoms with van der Waals surface area (Å²) >= 11 is 0. The van der Waals surface area contributed by atoms with Gasteiger partial charge in [-0.15, -0.1) is 0 Å². The number of aliphatic carboxylic acids is 1. The Hall–Kier alpha value is -0.610. The van der Waals surface area contributed by atoms with Crippen molar-refractivity contribution in [2.75, 3.05) is 6.54 Å². The van der Waals surface area contributed by atoms with E-state index in [1.54, 1.807) is 0 Å². The average molecular weight is 184 g/mol. The molecule has 2 aliphatic rings. The van der Waals surface area contributed by atoms with E-state index in [9.17, 15) is 4.79 Å². The number of carbonyl (C=O) groups is 1. The summed E-state index contributed by atoms with van der Waals surface area (Å²) in [6, 6.07) is 0.461. The predicted molar refractivity (Wildman–Crippen MR) is 48.3 cm³/mol. The van der Waals surface area contributed by atoms with Crippen molar-refractivity contribution in [1.29, 1.82) is 0 Å². The van der Waals surface area contributed by atoms with Crippen LogP contribution in [0, 0.1) is 5.92 Å². The Kier molecular flexibility index (Phi) is 2.04. The van der Waals surface area contributed by atoms with Gasteiger partial charge in [0, 0.05) is 11.6 Å². The van der Waals surface area contributed by atoms with Gasteiger partial charge in [-0.05, 0) is 31.7 Å². The van der Waals surface area contributed by atoms with Crippen molar-refractivity contribution >= 4 is 5.97 Å². The zero-order valence-electron chi connectivity index (χ0n) is 7.62. The number of hydrogen-bond acceptors (Lipinski definition) is 3. The molecule has 13 heavy (non-hydrogen) atoms. The highest BCUT2D eigenvalue weighted by atomic mass is 16.4. The molecule has 4 nitrogen and oxygen atoms in total. The van der Waals surface area contributed by atoms with Crippen LogP contribution >= 0.6 is 0 Å². The quantitative estimate of drug-likeness (QED) is 0.561. The first-order valence-corrected chi connectivity index (χ1v) is 4.81. The highest BCUT2D eigenvalue weighted by molar-refractivity contribution is 5.68. The number of hydrogen-bond donors (Lipinski definition) is 3. The largest absolute Gasteiger partial charge is 0.481 e. The third-order valence-corrected chi connectivity index (χ3v) is 3.16. The van der Waals surface area contributed by atoms with Crippen LogP contribution in [0.4, 0.5) is 0 Å². The summed E-state index contributed by atoms with van der Waals surface area (Å²) < 4.78 is 0. The molecule has 0 amide bonds. The third-order valence-electron chi connectivity index (χ3n) is 3.16. The molecule has 3 atom stereocenters. The van der Waals surface area contributed by atoms with Crippen molar-refractivity contribution in [3.63, 3.8) is 0 Å². The summed E-state index contributed by atoms with van der Waals surface area (Å²) in [5.74, 6) is -0.174. The summed E-state index contributed by atoms with van der Waals surface area (Å²) in [7, 11) is 0. The van der Waals surface area contributed by atoms with Gasteiger partial charge in [0.15, 0.2) is 0 Å². The molecule has 0 aromatic rings. The Morgan fingerprint density at radius 2 is 2.38 bits per heavy atom. The number of rotatable bonds is 2. The first-order valence-electron chi connectivity index (χ1n) is 4.81. The molecule has 2 rings (SSSR count). The van der Waals surface area contributed by atoms with Crippen molar-refractivity contribution in [3.05, 3.63) is 0 Å². The zero-order chi connectivity index (χ0) is 9.47. The van der Waals surface area contributed by atoms with Gasteiger partial charge in [-0.25, -0.2) is 0 Å². The maximum absolute atomic E-state index is 10.6. The molecular formula is C9H16N2O2. The second-order valence-electron chi connectivity index (χ2n) is 4.55. The van der Waals surface area contributed by atoms with Crippen LogP contribution in [0.15, 0.2) is 0 Å². The normalized spacial score (nSPS) is 43.5. The summed E-state index contributed by atoms with van der Waals surface area (Å²) in [6.07, 6.45) is 2.97. The minimum Gasteiger partial charge on any atom is -0.481 e. The van der Waals surface area contributed by atoms with Gasteiger partial charge in [0.25, 0.3) is 0 Å². The third kappa shape index (κ3) is 1.84. The molecule has 0 aromatic heterocycles. The van der Waals surface area contributed by atoms with Crippen LogP contribution in [-0.2, 0) is 4.79 Å². The molecule has 0 radical (unpaired) electrons. The molecule has 2 bridgehead atoms. The molecule has 1 aliphatic carbocycles. The fraction of sp³-hybridized carbons (Fsp3) is 0.889. The van der Waals surface area contributed by atoms with E-state index in [-0.39, 0.29) is 6.42 Å². The topological polar surface area (TPSA) is 75.4 Å². The summed E-state index contributed by atoms with van der Waals surface area (Å²) in [4.78, 5) is 10.6. The smallest absolute Gasteiger partial charge is 0.305 e. The monoisotopic (exact) mass is 184 g/mol. The molecule has 3 unspecified atom stereocenters. The van der Waals surface area contributed by atoms with Crippen LogP contribution in [-0.4, -0.2) is 29.2 Å². The molecule has 2 fully saturated rings. The van der Waals surface area contributed by atoms with Crippen LogP contribution in [0.25, 0.3) is 0 Å². The lowest BCUT2D eigenvalue weighted by Gasteiger charge is -2.35. The Labute approximate surface area is 77.5 Å². The van der Waals surface area contributed by atoms with Crippen LogP contribution in [0.5, 0.6) is 0 Å². The Morgan fingerprint density at radius 3 is 3.00 bits per heavy atom. The van der Waals surface area contributed by atoms with E-state index < -0.39 is 11.5 Å². The van der Waals surface area contributed by atoms with E-state index in [1.165, 1.54) is 6.42 Å². The Balaban J connectivity index is 2.03. The van der Waals surface area contributed by atoms with E-state index in [1.807, 2.05) is 0 Å². The molecule has 4 N–H and O–H groups in total. The van der Waals surface area contributed by atoms with Crippen LogP contribution < -0.4 is 11.1 Å². The predicted octanol–water partition coefficient (Wildman–Crippen LogP) is -0.0695. The second kappa shape index (κ2) is 2.96. The van der Waals surface area contributed by atoms with Crippen LogP contribution in [0.2, 0.25) is 0 Å². The van der Waals surface area contributed by atoms with Gasteiger partial charge < -0.3 is 16.2 Å². The summed E-state index contributed by atoms with van der Waals surface area (Å²) in [6.45, 7) is 1.02. The van der Waals surface area contributed by atoms with Crippen molar-refractivity contribution in [3.8, 4) is 0 Å². The number of nitrogens with one attached hydrogen (secondary N) is 1. The lowest BCUT2D eigenvalue weighted by atomic mass is 9.75. The fourth-order valence-corrected chi connectivity index (χ4v) is 2.81. The van der Waals surface area contributed by atoms with Gasteiger partial charge in [0.2, 0.25) is 0 Å². The summed E-state index contributed by atoms with van der Waals surface area (Å²) in [5.41, 5.74) is 5.60. The van der Waals surface area contributed by atoms with Crippen LogP contribution in [0.1, 0.15) is 25.7 Å². The van der Waals surface area contributed by atoms with E-state index in [4.69, 9.17) is 10.8 Å². The minimum atomic E-state index is -0.774. The first-order chi connectivity index (χ1) is 6.07. The van der Waals surface area contributed by atoms with Crippen molar-refractivity contribution in [1.82, 2.24) is 5.32 Å². The molecule has 1 aliphatic heterocycles. The fourth-order valence-electron chi connectivity index (χ4n) is 2.81. The molecular weight excluding hydrogens is 168 g/mol. The van der Waals surface area contributed by atoms with Gasteiger partial charge in [-0.2, -0.15) is 0 Å². The number of carboxylic acids is 1. The minimum absolute atomic E-state index is 0.113. The Morgan fingerprint density at radius 1 is 1.62 bits per heavy atom. The number of fused-ring (bicyclic) bond motifs is 2. The van der Waals surface area contributed by atoms with Gasteiger partial charge in [-0.1, -0.05) is 0 Å². The highest BCUT2D eigenvalue weighted by Crippen LogP contribution is 2.36. The lowest BCUT2D eigenvalue weighted by Crippen LogP contribution is -2.48. The lowest BCUT2D eigenvalue weighted by molar-refractivity contribution is -0.138. The SMILES string of the molecule is NC1(CC(=O)O)CC2CNC(C2)C1. The van der Waals surface area contributed by atoms with Crippen molar-refractivity contribution in [2.24, 2.45) is 11.7 Å². The Bertz CT molecular complexity index is 218. The standard InChI is InChI=1S/C9H16N2O2/c10-9(4-8(12)13)2-6-1-7(3-9)11-5-6/h6-7,11H,1-5,10H2,(H,12,13). The molecule has 74 valence electrons. The molecule has 1 saturated carbocycles. The van der Waals surface area contributed by atoms with Gasteiger partial charge >= 0.3 is 5.97 Å². The van der Waals surface area contributed by atoms with E-state index in [0.717, 1.165) is 19.4 Å². The van der Waals surface area contributed by atoms with Crippen LogP contribution in [0.3, 0.4) is 0 Å². The number of carboxylic acid groups (broad SMARTS) is 1. The maximum Gasteiger partial charge on any atom is 0.305 e. The summed E-state index contributed by atoms with van der Waals surface area (Å²) in [5, 5.41) is 12.1. The molecule has 4 heteroatoms. The van der Waals surface area contributed by atoms with Gasteiger partial charge in [0.1, 0.15) is 0 Å². The molecule has 1 saturated heterocycles. The van der Waals surface area contributed by atoms with E-state index >= 15 is 0 Å². The maximum atomic E-state index is 10.6. The van der Waals surface area contributed by atoms with Gasteiger partial charge in [0.05, 0.1) is 6.42 Å². The average Bonchev–Trinajstić information content (AvgIpc) is 2.27. The molecule has 0 spiro atoms. The zero-order valence-corrected chi connectivity index (χ0v) is 7.62. The van der Waals surface area contributed by atoms with Crippen molar-refractivity contribution < 1.29 is 9.90 Å². The second-order valence-corrected chi connectivity index (χ2v) is 4.55. The first kappa shape index (κ1) is 8.97. The molecule has 1 heterocycles. The van der Waals surface area contributed by atoms with E-state index in [0.29, 0.717) is 12.0 Å². The van der Waals surface area contributed by atoms with Gasteiger partial charge in [-0.3, -0.25) is 4.79 Å². The highest BCUT2D eigenvalue weighted by Gasteiger charge is 2.42.